The van der Waals surface area contributed by atoms with Gasteiger partial charge in [0, 0.05) is 6.07 Å². The third-order valence-corrected chi connectivity index (χ3v) is 1.83. The molecular weight excluding hydrogens is 210 g/mol. The predicted octanol–water partition coefficient (Wildman–Crippen LogP) is 0.461. The molecule has 7 heteroatoms. The molecule has 0 spiro atoms. The Morgan fingerprint density at radius 2 is 2.31 bits per heavy atom. The third kappa shape index (κ3) is 2.14. The van der Waals surface area contributed by atoms with Crippen molar-refractivity contribution in [1.29, 1.82) is 0 Å². The molecular formula is C9H9N5O2. The van der Waals surface area contributed by atoms with E-state index in [1.807, 2.05) is 0 Å². The highest BCUT2D eigenvalue weighted by Crippen LogP contribution is 2.11. The molecule has 0 radical (unpaired) electrons. The highest BCUT2D eigenvalue weighted by atomic mass is 16.5. The Kier molecular flexibility index (Phi) is 2.77. The number of ether oxygens (including phenoxy) is 1. The SMILES string of the molecule is COc1ccc(NC(=O)c2ncn[nH]2)cn1. The number of hydrogen-bond acceptors (Lipinski definition) is 5. The number of nitrogens with zero attached hydrogens (tertiary/aromatic N) is 3. The molecule has 0 aliphatic rings. The number of aromatic nitrogens is 4. The van der Waals surface area contributed by atoms with E-state index in [0.29, 0.717) is 11.6 Å². The van der Waals surface area contributed by atoms with Gasteiger partial charge in [-0.2, -0.15) is 5.10 Å². The molecule has 2 aromatic heterocycles. The van der Waals surface area contributed by atoms with Crippen LogP contribution in [0.1, 0.15) is 10.6 Å². The Morgan fingerprint density at radius 3 is 2.88 bits per heavy atom. The van der Waals surface area contributed by atoms with Crippen molar-refractivity contribution >= 4 is 11.6 Å². The van der Waals surface area contributed by atoms with Gasteiger partial charge in [-0.25, -0.2) is 9.97 Å². The van der Waals surface area contributed by atoms with E-state index in [-0.39, 0.29) is 11.7 Å². The average Bonchev–Trinajstić information content (AvgIpc) is 2.83. The van der Waals surface area contributed by atoms with E-state index < -0.39 is 0 Å². The molecule has 0 aliphatic heterocycles. The molecule has 7 nitrogen and oxygen atoms in total. The lowest BCUT2D eigenvalue weighted by Crippen LogP contribution is -2.13. The average molecular weight is 219 g/mol. The summed E-state index contributed by atoms with van der Waals surface area (Å²) in [6, 6.07) is 3.33. The number of aromatic amines is 1. The van der Waals surface area contributed by atoms with Crippen molar-refractivity contribution in [1.82, 2.24) is 20.2 Å². The van der Waals surface area contributed by atoms with Gasteiger partial charge >= 0.3 is 0 Å². The Balaban J connectivity index is 2.06. The maximum Gasteiger partial charge on any atom is 0.293 e. The largest absolute Gasteiger partial charge is 0.481 e. The van der Waals surface area contributed by atoms with Crippen molar-refractivity contribution < 1.29 is 9.53 Å². The van der Waals surface area contributed by atoms with Crippen molar-refractivity contribution in [3.63, 3.8) is 0 Å². The van der Waals surface area contributed by atoms with Crippen LogP contribution in [0, 0.1) is 0 Å². The molecule has 16 heavy (non-hydrogen) atoms. The molecule has 2 heterocycles. The van der Waals surface area contributed by atoms with Crippen LogP contribution in [0.5, 0.6) is 5.88 Å². The number of rotatable bonds is 3. The Morgan fingerprint density at radius 1 is 1.44 bits per heavy atom. The zero-order valence-electron chi connectivity index (χ0n) is 8.47. The van der Waals surface area contributed by atoms with E-state index in [1.54, 1.807) is 12.1 Å². The van der Waals surface area contributed by atoms with Crippen LogP contribution in [-0.2, 0) is 0 Å². The predicted molar refractivity (Wildman–Crippen MR) is 55.1 cm³/mol. The number of carbonyl (C=O) groups excluding carboxylic acids is 1. The molecule has 2 rings (SSSR count). The Hall–Kier alpha value is -2.44. The lowest BCUT2D eigenvalue weighted by molar-refractivity contribution is 0.101. The molecule has 0 fully saturated rings. The summed E-state index contributed by atoms with van der Waals surface area (Å²) in [7, 11) is 1.52. The number of pyridine rings is 1. The van der Waals surface area contributed by atoms with Crippen LogP contribution in [0.4, 0.5) is 5.69 Å². The minimum Gasteiger partial charge on any atom is -0.481 e. The van der Waals surface area contributed by atoms with Gasteiger partial charge in [-0.1, -0.05) is 0 Å². The zero-order chi connectivity index (χ0) is 11.4. The van der Waals surface area contributed by atoms with E-state index in [4.69, 9.17) is 4.74 Å². The summed E-state index contributed by atoms with van der Waals surface area (Å²) in [6.45, 7) is 0. The topological polar surface area (TPSA) is 92.8 Å². The van der Waals surface area contributed by atoms with Gasteiger partial charge in [-0.05, 0) is 6.07 Å². The van der Waals surface area contributed by atoms with Crippen LogP contribution in [0.3, 0.4) is 0 Å². The fraction of sp³-hybridized carbons (Fsp3) is 0.111. The minimum atomic E-state index is -0.371. The highest BCUT2D eigenvalue weighted by molar-refractivity contribution is 6.01. The maximum atomic E-state index is 11.5. The Bertz CT molecular complexity index is 465. The molecule has 82 valence electrons. The first-order valence-corrected chi connectivity index (χ1v) is 4.46. The molecule has 2 aromatic rings. The van der Waals surface area contributed by atoms with E-state index in [9.17, 15) is 4.79 Å². The van der Waals surface area contributed by atoms with Crippen molar-refractivity contribution in [3.8, 4) is 5.88 Å². The second-order valence-electron chi connectivity index (χ2n) is 2.88. The lowest BCUT2D eigenvalue weighted by Gasteiger charge is -2.03. The van der Waals surface area contributed by atoms with Crippen LogP contribution in [-0.4, -0.2) is 33.2 Å². The first kappa shape index (κ1) is 10.1. The van der Waals surface area contributed by atoms with Crippen LogP contribution in [0.25, 0.3) is 0 Å². The summed E-state index contributed by atoms with van der Waals surface area (Å²) in [5.74, 6) is 0.262. The van der Waals surface area contributed by atoms with Gasteiger partial charge < -0.3 is 10.1 Å². The standard InChI is InChI=1S/C9H9N5O2/c1-16-7-3-2-6(4-10-7)13-9(15)8-11-5-12-14-8/h2-5H,1H3,(H,13,15)(H,11,12,14). The quantitative estimate of drug-likeness (QED) is 0.782. The van der Waals surface area contributed by atoms with Gasteiger partial charge in [0.1, 0.15) is 6.33 Å². The molecule has 1 amide bonds. The molecule has 0 unspecified atom stereocenters. The van der Waals surface area contributed by atoms with Gasteiger partial charge in [-0.3, -0.25) is 9.89 Å². The number of carbonyl (C=O) groups is 1. The summed E-state index contributed by atoms with van der Waals surface area (Å²) in [5.41, 5.74) is 0.558. The molecule has 0 saturated heterocycles. The van der Waals surface area contributed by atoms with Crippen molar-refractivity contribution in [2.75, 3.05) is 12.4 Å². The van der Waals surface area contributed by atoms with E-state index in [1.165, 1.54) is 19.6 Å². The summed E-state index contributed by atoms with van der Waals surface area (Å²) in [5, 5.41) is 8.65. The smallest absolute Gasteiger partial charge is 0.293 e. The zero-order valence-corrected chi connectivity index (χ0v) is 8.47. The summed E-state index contributed by atoms with van der Waals surface area (Å²) in [6.07, 6.45) is 2.76. The van der Waals surface area contributed by atoms with E-state index >= 15 is 0 Å². The normalized spacial score (nSPS) is 9.81. The summed E-state index contributed by atoms with van der Waals surface area (Å²) in [4.78, 5) is 19.2. The van der Waals surface area contributed by atoms with Crippen LogP contribution >= 0.6 is 0 Å². The van der Waals surface area contributed by atoms with Gasteiger partial charge in [0.2, 0.25) is 11.7 Å². The van der Waals surface area contributed by atoms with Crippen LogP contribution in [0.15, 0.2) is 24.7 Å². The summed E-state index contributed by atoms with van der Waals surface area (Å²) >= 11 is 0. The van der Waals surface area contributed by atoms with Gasteiger partial charge in [0.15, 0.2) is 0 Å². The van der Waals surface area contributed by atoms with Gasteiger partial charge in [-0.15, -0.1) is 0 Å². The third-order valence-electron chi connectivity index (χ3n) is 1.83. The van der Waals surface area contributed by atoms with E-state index in [0.717, 1.165) is 0 Å². The number of methoxy groups -OCH3 is 1. The van der Waals surface area contributed by atoms with Crippen molar-refractivity contribution in [3.05, 3.63) is 30.5 Å². The molecule has 0 bridgehead atoms. The molecule has 2 N–H and O–H groups in total. The first-order chi connectivity index (χ1) is 7.79. The molecule has 0 atom stereocenters. The second kappa shape index (κ2) is 4.39. The van der Waals surface area contributed by atoms with Gasteiger partial charge in [0.25, 0.3) is 5.91 Å². The fourth-order valence-electron chi connectivity index (χ4n) is 1.08. The number of amides is 1. The van der Waals surface area contributed by atoms with Crippen LogP contribution < -0.4 is 10.1 Å². The Labute approximate surface area is 90.9 Å². The van der Waals surface area contributed by atoms with E-state index in [2.05, 4.69) is 25.5 Å². The minimum absolute atomic E-state index is 0.149. The number of nitrogens with one attached hydrogen (secondary N) is 2. The maximum absolute atomic E-state index is 11.5. The van der Waals surface area contributed by atoms with Crippen LogP contribution in [0.2, 0.25) is 0 Å². The number of hydrogen-bond donors (Lipinski definition) is 2. The second-order valence-corrected chi connectivity index (χ2v) is 2.88. The van der Waals surface area contributed by atoms with Crippen molar-refractivity contribution in [2.24, 2.45) is 0 Å². The number of H-pyrrole nitrogens is 1. The summed E-state index contributed by atoms with van der Waals surface area (Å²) < 4.78 is 4.89. The first-order valence-electron chi connectivity index (χ1n) is 4.46. The van der Waals surface area contributed by atoms with Crippen molar-refractivity contribution in [2.45, 2.75) is 0 Å². The molecule has 0 aromatic carbocycles. The molecule has 0 saturated carbocycles. The fourth-order valence-corrected chi connectivity index (χ4v) is 1.08. The molecule has 0 aliphatic carbocycles. The number of anilines is 1. The highest BCUT2D eigenvalue weighted by Gasteiger charge is 2.08. The lowest BCUT2D eigenvalue weighted by atomic mass is 10.4. The van der Waals surface area contributed by atoms with Gasteiger partial charge in [0.05, 0.1) is 19.0 Å². The monoisotopic (exact) mass is 219 g/mol.